The Bertz CT molecular complexity index is 575. The summed E-state index contributed by atoms with van der Waals surface area (Å²) < 4.78 is 0. The van der Waals surface area contributed by atoms with Crippen LogP contribution in [0.1, 0.15) is 49.3 Å². The smallest absolute Gasteiger partial charge is 0.116 e. The molecule has 102 valence electrons. The topological polar surface area (TPSA) is 0 Å². The second kappa shape index (κ2) is 4.30. The fourth-order valence-electron chi connectivity index (χ4n) is 2.80. The van der Waals surface area contributed by atoms with Gasteiger partial charge in [-0.3, -0.25) is 0 Å². The molecule has 0 atom stereocenters. The summed E-state index contributed by atoms with van der Waals surface area (Å²) in [5, 5.41) is 3.38. The molecule has 3 heterocycles. The van der Waals surface area contributed by atoms with Crippen LogP contribution in [-0.2, 0) is 0 Å². The maximum atomic E-state index is 2.52. The molecule has 0 bridgehead atoms. The third-order valence-electron chi connectivity index (χ3n) is 4.19. The molecule has 0 saturated heterocycles. The Hall–Kier alpha value is -0.383. The van der Waals surface area contributed by atoms with Crippen molar-refractivity contribution in [3.63, 3.8) is 0 Å². The third-order valence-corrected chi connectivity index (χ3v) is 11.1. The van der Waals surface area contributed by atoms with Crippen LogP contribution >= 0.6 is 22.7 Å². The highest BCUT2D eigenvalue weighted by molar-refractivity contribution is 7.29. The largest absolute Gasteiger partial charge is 0.139 e. The molecule has 0 radical (unpaired) electrons. The van der Waals surface area contributed by atoms with E-state index in [1.165, 1.54) is 0 Å². The molecule has 19 heavy (non-hydrogen) atoms. The van der Waals surface area contributed by atoms with Crippen molar-refractivity contribution in [3.8, 4) is 9.75 Å². The average Bonchev–Trinajstić information content (AvgIpc) is 2.95. The van der Waals surface area contributed by atoms with Gasteiger partial charge >= 0.3 is 0 Å². The molecule has 1 aliphatic rings. The van der Waals surface area contributed by atoms with Crippen LogP contribution in [0.3, 0.4) is 0 Å². The van der Waals surface area contributed by atoms with Crippen molar-refractivity contribution >= 4 is 41.1 Å². The molecule has 0 unspecified atom stereocenters. The zero-order chi connectivity index (χ0) is 13.9. The van der Waals surface area contributed by atoms with Gasteiger partial charge in [0.15, 0.2) is 0 Å². The van der Waals surface area contributed by atoms with Gasteiger partial charge in [0, 0.05) is 19.5 Å². The van der Waals surface area contributed by atoms with Gasteiger partial charge in [0.05, 0.1) is 0 Å². The Labute approximate surface area is 125 Å². The fraction of sp³-hybridized carbons (Fsp3) is 0.500. The predicted octanol–water partition coefficient (Wildman–Crippen LogP) is 4.86. The maximum Gasteiger partial charge on any atom is 0.116 e. The first-order valence-electron chi connectivity index (χ1n) is 7.11. The second-order valence-corrected chi connectivity index (χ2v) is 13.2. The van der Waals surface area contributed by atoms with Gasteiger partial charge in [0.1, 0.15) is 8.07 Å². The summed E-state index contributed by atoms with van der Waals surface area (Å²) in [5.74, 6) is 1.32. The monoisotopic (exact) mass is 306 g/mol. The van der Waals surface area contributed by atoms with Crippen LogP contribution in [0.15, 0.2) is 12.1 Å². The second-order valence-electron chi connectivity index (χ2n) is 6.72. The van der Waals surface area contributed by atoms with E-state index >= 15 is 0 Å². The van der Waals surface area contributed by atoms with Crippen molar-refractivity contribution in [1.82, 2.24) is 0 Å². The predicted molar refractivity (Wildman–Crippen MR) is 92.6 cm³/mol. The van der Waals surface area contributed by atoms with Gasteiger partial charge in [0.2, 0.25) is 0 Å². The van der Waals surface area contributed by atoms with E-state index in [-0.39, 0.29) is 0 Å². The van der Waals surface area contributed by atoms with Crippen LogP contribution in [0.2, 0.25) is 13.1 Å². The molecule has 0 amide bonds. The van der Waals surface area contributed by atoms with Gasteiger partial charge in [-0.05, 0) is 34.3 Å². The molecular weight excluding hydrogens is 284 g/mol. The molecule has 0 saturated carbocycles. The minimum atomic E-state index is -1.41. The average molecular weight is 307 g/mol. The first-order chi connectivity index (χ1) is 8.82. The van der Waals surface area contributed by atoms with Crippen LogP contribution in [-0.4, -0.2) is 8.07 Å². The molecule has 0 aliphatic carbocycles. The Morgan fingerprint density at radius 2 is 1.16 bits per heavy atom. The first kappa shape index (κ1) is 13.6. The van der Waals surface area contributed by atoms with Gasteiger partial charge in [0.25, 0.3) is 0 Å². The lowest BCUT2D eigenvalue weighted by Gasteiger charge is -2.16. The van der Waals surface area contributed by atoms with Crippen LogP contribution in [0, 0.1) is 0 Å². The van der Waals surface area contributed by atoms with Crippen LogP contribution in [0.4, 0.5) is 0 Å². The van der Waals surface area contributed by atoms with E-state index in [1.54, 1.807) is 29.9 Å². The number of hydrogen-bond donors (Lipinski definition) is 0. The lowest BCUT2D eigenvalue weighted by Crippen LogP contribution is -2.48. The summed E-state index contributed by atoms with van der Waals surface area (Å²) in [4.78, 5) is 6.34. The van der Waals surface area contributed by atoms with Crippen molar-refractivity contribution in [2.45, 2.75) is 52.6 Å². The van der Waals surface area contributed by atoms with Crippen molar-refractivity contribution in [1.29, 1.82) is 0 Å². The van der Waals surface area contributed by atoms with E-state index in [0.29, 0.717) is 11.8 Å². The molecule has 0 N–H and O–H groups in total. The first-order valence-corrected chi connectivity index (χ1v) is 11.7. The Morgan fingerprint density at radius 1 is 0.789 bits per heavy atom. The third kappa shape index (κ3) is 1.89. The van der Waals surface area contributed by atoms with Gasteiger partial charge in [-0.1, -0.05) is 40.8 Å². The van der Waals surface area contributed by atoms with E-state index in [9.17, 15) is 0 Å². The fourth-order valence-corrected chi connectivity index (χ4v) is 10.0. The van der Waals surface area contributed by atoms with Crippen molar-refractivity contribution in [2.24, 2.45) is 0 Å². The molecule has 0 nitrogen and oxygen atoms in total. The Balaban J connectivity index is 2.20. The molecule has 2 aromatic rings. The van der Waals surface area contributed by atoms with Crippen LogP contribution in [0.25, 0.3) is 9.75 Å². The molecule has 0 aromatic carbocycles. The van der Waals surface area contributed by atoms with Crippen molar-refractivity contribution in [3.05, 3.63) is 21.9 Å². The summed E-state index contributed by atoms with van der Waals surface area (Å²) in [6.45, 7) is 14.3. The maximum absolute atomic E-state index is 2.52. The Morgan fingerprint density at radius 3 is 1.47 bits per heavy atom. The minimum Gasteiger partial charge on any atom is -0.139 e. The molecule has 1 aliphatic heterocycles. The van der Waals surface area contributed by atoms with Gasteiger partial charge in [-0.2, -0.15) is 0 Å². The molecule has 3 heteroatoms. The zero-order valence-corrected chi connectivity index (χ0v) is 15.3. The number of thiophene rings is 2. The van der Waals surface area contributed by atoms with Crippen molar-refractivity contribution in [2.75, 3.05) is 0 Å². The van der Waals surface area contributed by atoms with E-state index in [4.69, 9.17) is 0 Å². The highest BCUT2D eigenvalue weighted by atomic mass is 32.1. The van der Waals surface area contributed by atoms with Crippen LogP contribution < -0.4 is 10.4 Å². The van der Waals surface area contributed by atoms with Crippen LogP contribution in [0.5, 0.6) is 0 Å². The van der Waals surface area contributed by atoms with Gasteiger partial charge in [-0.25, -0.2) is 0 Å². The summed E-state index contributed by atoms with van der Waals surface area (Å²) in [5.41, 5.74) is 0. The quantitative estimate of drug-likeness (QED) is 0.695. The highest BCUT2D eigenvalue weighted by Gasteiger charge is 2.41. The van der Waals surface area contributed by atoms with E-state index in [1.807, 2.05) is 22.7 Å². The standard InChI is InChI=1S/C16H22S2Si/c1-9(2)11-7-13-15(17-11)16-14(19(13,5)6)8-12(18-16)10(3)4/h7-10H,1-6H3. The SMILES string of the molecule is CC(C)c1cc2c(s1)-c1sc(C(C)C)cc1[Si]2(C)C. The summed E-state index contributed by atoms with van der Waals surface area (Å²) in [7, 11) is -1.41. The zero-order valence-electron chi connectivity index (χ0n) is 12.6. The molecular formula is C16H22S2Si. The lowest BCUT2D eigenvalue weighted by molar-refractivity contribution is 0.890. The lowest BCUT2D eigenvalue weighted by atomic mass is 10.2. The van der Waals surface area contributed by atoms with E-state index < -0.39 is 8.07 Å². The number of fused-ring (bicyclic) bond motifs is 3. The number of rotatable bonds is 2. The molecule has 2 aromatic heterocycles. The molecule has 0 fully saturated rings. The van der Waals surface area contributed by atoms with Crippen molar-refractivity contribution < 1.29 is 0 Å². The van der Waals surface area contributed by atoms with E-state index in [2.05, 4.69) is 52.9 Å². The number of hydrogen-bond acceptors (Lipinski definition) is 2. The Kier molecular flexibility index (Phi) is 3.08. The van der Waals surface area contributed by atoms with Gasteiger partial charge in [-0.15, -0.1) is 22.7 Å². The summed E-state index contributed by atoms with van der Waals surface area (Å²) in [6, 6.07) is 5.03. The van der Waals surface area contributed by atoms with E-state index in [0.717, 1.165) is 0 Å². The molecule has 0 spiro atoms. The molecule has 3 rings (SSSR count). The summed E-state index contributed by atoms with van der Waals surface area (Å²) in [6.07, 6.45) is 0. The normalized spacial score (nSPS) is 16.2. The van der Waals surface area contributed by atoms with Gasteiger partial charge < -0.3 is 0 Å². The minimum absolute atomic E-state index is 0.661. The summed E-state index contributed by atoms with van der Waals surface area (Å²) >= 11 is 4.09. The highest BCUT2D eigenvalue weighted by Crippen LogP contribution is 2.42.